The van der Waals surface area contributed by atoms with Crippen LogP contribution in [0.25, 0.3) is 0 Å². The van der Waals surface area contributed by atoms with Crippen molar-refractivity contribution in [1.29, 1.82) is 0 Å². The Labute approximate surface area is 184 Å². The van der Waals surface area contributed by atoms with Crippen LogP contribution in [0.2, 0.25) is 0 Å². The highest BCUT2D eigenvalue weighted by Crippen LogP contribution is 2.14. The maximum Gasteiger partial charge on any atom is 0.410 e. The van der Waals surface area contributed by atoms with Gasteiger partial charge in [0, 0.05) is 31.0 Å². The number of rotatable bonds is 10. The summed E-state index contributed by atoms with van der Waals surface area (Å²) in [6, 6.07) is 10.7. The van der Waals surface area contributed by atoms with E-state index in [-0.39, 0.29) is 5.91 Å². The van der Waals surface area contributed by atoms with Gasteiger partial charge in [-0.25, -0.2) is 4.79 Å². The molecular weight excluding hydrogens is 394 g/mol. The molecule has 0 atom stereocenters. The Bertz CT molecular complexity index is 845. The van der Waals surface area contributed by atoms with Gasteiger partial charge in [0.05, 0.1) is 6.54 Å². The lowest BCUT2D eigenvalue weighted by molar-refractivity contribution is 0.0232. The Morgan fingerprint density at radius 1 is 1.19 bits per heavy atom. The number of hydrogen-bond donors (Lipinski definition) is 1. The van der Waals surface area contributed by atoms with E-state index in [0.29, 0.717) is 44.0 Å². The van der Waals surface area contributed by atoms with E-state index < -0.39 is 11.7 Å². The molecule has 31 heavy (non-hydrogen) atoms. The molecule has 2 aromatic rings. The molecule has 166 valence electrons. The van der Waals surface area contributed by atoms with E-state index >= 15 is 0 Å². The standard InChI is InChI=1S/C24H31N3O4/c1-5-16-30-21-11-9-20(10-12-21)22(28)26-14-7-15-27(23(29)31-24(2,3)4)18-19-8-6-13-25-17-19/h5-6,8-13,17H,1,7,14-16,18H2,2-4H3,(H,26,28). The van der Waals surface area contributed by atoms with Crippen molar-refractivity contribution < 1.29 is 19.1 Å². The van der Waals surface area contributed by atoms with Crippen LogP contribution in [-0.4, -0.2) is 47.2 Å². The first-order valence-corrected chi connectivity index (χ1v) is 10.3. The van der Waals surface area contributed by atoms with Gasteiger partial charge in [-0.1, -0.05) is 18.7 Å². The molecule has 0 aliphatic carbocycles. The normalized spacial score (nSPS) is 10.8. The number of ether oxygens (including phenoxy) is 2. The van der Waals surface area contributed by atoms with E-state index in [4.69, 9.17) is 9.47 Å². The fourth-order valence-corrected chi connectivity index (χ4v) is 2.70. The number of amides is 2. The van der Waals surface area contributed by atoms with E-state index in [2.05, 4.69) is 16.9 Å². The molecule has 1 aromatic heterocycles. The Morgan fingerprint density at radius 2 is 1.94 bits per heavy atom. The van der Waals surface area contributed by atoms with Gasteiger partial charge in [-0.15, -0.1) is 0 Å². The van der Waals surface area contributed by atoms with Crippen molar-refractivity contribution in [2.45, 2.75) is 39.3 Å². The highest BCUT2D eigenvalue weighted by atomic mass is 16.6. The largest absolute Gasteiger partial charge is 0.490 e. The molecule has 7 nitrogen and oxygen atoms in total. The van der Waals surface area contributed by atoms with Crippen LogP contribution in [0.1, 0.15) is 43.1 Å². The highest BCUT2D eigenvalue weighted by molar-refractivity contribution is 5.94. The predicted molar refractivity (Wildman–Crippen MR) is 120 cm³/mol. The molecule has 7 heteroatoms. The van der Waals surface area contributed by atoms with Crippen molar-refractivity contribution in [3.63, 3.8) is 0 Å². The molecule has 0 saturated carbocycles. The second-order valence-corrected chi connectivity index (χ2v) is 8.00. The summed E-state index contributed by atoms with van der Waals surface area (Å²) in [7, 11) is 0. The lowest BCUT2D eigenvalue weighted by atomic mass is 10.2. The van der Waals surface area contributed by atoms with Gasteiger partial charge in [0.2, 0.25) is 0 Å². The molecule has 1 heterocycles. The van der Waals surface area contributed by atoms with Gasteiger partial charge in [-0.2, -0.15) is 0 Å². The number of carbonyl (C=O) groups excluding carboxylic acids is 2. The molecule has 0 saturated heterocycles. The second kappa shape index (κ2) is 11.7. The molecule has 0 aliphatic rings. The van der Waals surface area contributed by atoms with Crippen LogP contribution in [0, 0.1) is 0 Å². The van der Waals surface area contributed by atoms with E-state index in [1.54, 1.807) is 47.6 Å². The molecule has 2 rings (SSSR count). The van der Waals surface area contributed by atoms with E-state index in [1.807, 2.05) is 32.9 Å². The molecule has 0 spiro atoms. The third kappa shape index (κ3) is 8.90. The summed E-state index contributed by atoms with van der Waals surface area (Å²) >= 11 is 0. The summed E-state index contributed by atoms with van der Waals surface area (Å²) in [5.41, 5.74) is 0.876. The van der Waals surface area contributed by atoms with Gasteiger partial charge in [0.15, 0.2) is 0 Å². The summed E-state index contributed by atoms with van der Waals surface area (Å²) in [6.45, 7) is 10.8. The first-order valence-electron chi connectivity index (χ1n) is 10.3. The molecule has 0 aliphatic heterocycles. The van der Waals surface area contributed by atoms with Gasteiger partial charge in [-0.3, -0.25) is 9.78 Å². The van der Waals surface area contributed by atoms with Gasteiger partial charge < -0.3 is 19.7 Å². The number of benzene rings is 1. The average Bonchev–Trinajstić information content (AvgIpc) is 2.74. The zero-order valence-corrected chi connectivity index (χ0v) is 18.5. The third-order valence-corrected chi connectivity index (χ3v) is 4.12. The lowest BCUT2D eigenvalue weighted by Crippen LogP contribution is -2.38. The summed E-state index contributed by atoms with van der Waals surface area (Å²) < 4.78 is 10.9. The molecular formula is C24H31N3O4. The van der Waals surface area contributed by atoms with E-state index in [1.165, 1.54) is 0 Å². The number of carbonyl (C=O) groups is 2. The Hall–Kier alpha value is -3.35. The third-order valence-electron chi connectivity index (χ3n) is 4.12. The quantitative estimate of drug-likeness (QED) is 0.456. The summed E-state index contributed by atoms with van der Waals surface area (Å²) in [5.74, 6) is 0.506. The number of hydrogen-bond acceptors (Lipinski definition) is 5. The number of aromatic nitrogens is 1. The predicted octanol–water partition coefficient (Wildman–Crippen LogP) is 4.20. The number of nitrogens with one attached hydrogen (secondary N) is 1. The maximum atomic E-state index is 12.6. The zero-order chi connectivity index (χ0) is 22.7. The van der Waals surface area contributed by atoms with Crippen LogP contribution in [0.3, 0.4) is 0 Å². The minimum absolute atomic E-state index is 0.175. The highest BCUT2D eigenvalue weighted by Gasteiger charge is 2.22. The van der Waals surface area contributed by atoms with Crippen LogP contribution in [0.5, 0.6) is 5.75 Å². The fourth-order valence-electron chi connectivity index (χ4n) is 2.70. The maximum absolute atomic E-state index is 12.6. The molecule has 1 N–H and O–H groups in total. The van der Waals surface area contributed by atoms with Crippen molar-refractivity contribution in [2.75, 3.05) is 19.7 Å². The van der Waals surface area contributed by atoms with Crippen LogP contribution in [0.4, 0.5) is 4.79 Å². The minimum Gasteiger partial charge on any atom is -0.490 e. The van der Waals surface area contributed by atoms with Gasteiger partial charge in [0.25, 0.3) is 5.91 Å². The topological polar surface area (TPSA) is 80.8 Å². The average molecular weight is 426 g/mol. The summed E-state index contributed by atoms with van der Waals surface area (Å²) in [6.07, 6.45) is 5.27. The molecule has 0 radical (unpaired) electrons. The van der Waals surface area contributed by atoms with Gasteiger partial charge in [-0.05, 0) is 63.1 Å². The van der Waals surface area contributed by atoms with E-state index in [0.717, 1.165) is 5.56 Å². The van der Waals surface area contributed by atoms with Crippen molar-refractivity contribution in [3.05, 3.63) is 72.6 Å². The molecule has 1 aromatic carbocycles. The summed E-state index contributed by atoms with van der Waals surface area (Å²) in [4.78, 5) is 30.7. The monoisotopic (exact) mass is 425 g/mol. The molecule has 0 unspecified atom stereocenters. The van der Waals surface area contributed by atoms with Crippen molar-refractivity contribution in [1.82, 2.24) is 15.2 Å². The van der Waals surface area contributed by atoms with E-state index in [9.17, 15) is 9.59 Å². The van der Waals surface area contributed by atoms with Gasteiger partial charge in [0.1, 0.15) is 18.0 Å². The van der Waals surface area contributed by atoms with Crippen molar-refractivity contribution in [3.8, 4) is 5.75 Å². The Kier molecular flexibility index (Phi) is 9.06. The smallest absolute Gasteiger partial charge is 0.410 e. The van der Waals surface area contributed by atoms with Crippen LogP contribution in [-0.2, 0) is 11.3 Å². The molecule has 0 bridgehead atoms. The lowest BCUT2D eigenvalue weighted by Gasteiger charge is -2.27. The van der Waals surface area contributed by atoms with Crippen LogP contribution >= 0.6 is 0 Å². The first-order chi connectivity index (χ1) is 14.8. The van der Waals surface area contributed by atoms with Crippen molar-refractivity contribution in [2.24, 2.45) is 0 Å². The first kappa shape index (κ1) is 23.9. The minimum atomic E-state index is -0.583. The Balaban J connectivity index is 1.87. The second-order valence-electron chi connectivity index (χ2n) is 8.00. The van der Waals surface area contributed by atoms with Gasteiger partial charge >= 0.3 is 6.09 Å². The SMILES string of the molecule is C=CCOc1ccc(C(=O)NCCCN(Cc2cccnc2)C(=O)OC(C)(C)C)cc1. The zero-order valence-electron chi connectivity index (χ0n) is 18.5. The molecule has 2 amide bonds. The molecule has 0 fully saturated rings. The fraction of sp³-hybridized carbons (Fsp3) is 0.375. The van der Waals surface area contributed by atoms with Crippen molar-refractivity contribution >= 4 is 12.0 Å². The van der Waals surface area contributed by atoms with Crippen LogP contribution < -0.4 is 10.1 Å². The number of pyridine rings is 1. The van der Waals surface area contributed by atoms with Crippen LogP contribution in [0.15, 0.2) is 61.4 Å². The summed E-state index contributed by atoms with van der Waals surface area (Å²) in [5, 5.41) is 2.88. The number of nitrogens with zero attached hydrogens (tertiary/aromatic N) is 2. The Morgan fingerprint density at radius 3 is 2.55 bits per heavy atom.